The van der Waals surface area contributed by atoms with Gasteiger partial charge in [-0.15, -0.1) is 0 Å². The number of rotatable bonds is 4. The zero-order valence-electron chi connectivity index (χ0n) is 12.0. The maximum absolute atomic E-state index is 10.5. The Morgan fingerprint density at radius 3 is 2.86 bits per heavy atom. The zero-order valence-corrected chi connectivity index (χ0v) is 12.8. The van der Waals surface area contributed by atoms with Crippen LogP contribution in [0.1, 0.15) is 30.0 Å². The van der Waals surface area contributed by atoms with E-state index in [2.05, 4.69) is 5.10 Å². The van der Waals surface area contributed by atoms with Crippen molar-refractivity contribution in [1.29, 1.82) is 0 Å². The maximum atomic E-state index is 10.5. The van der Waals surface area contributed by atoms with E-state index >= 15 is 0 Å². The minimum Gasteiger partial charge on any atom is -0.464 e. The van der Waals surface area contributed by atoms with Gasteiger partial charge in [-0.3, -0.25) is 4.68 Å². The molecule has 21 heavy (non-hydrogen) atoms. The Bertz CT molecular complexity index is 776. The van der Waals surface area contributed by atoms with E-state index in [0.717, 1.165) is 34.3 Å². The summed E-state index contributed by atoms with van der Waals surface area (Å²) in [5.74, 6) is 0. The van der Waals surface area contributed by atoms with Crippen molar-refractivity contribution in [3.8, 4) is 0 Å². The molecule has 1 N–H and O–H groups in total. The monoisotopic (exact) mass is 304 g/mol. The highest BCUT2D eigenvalue weighted by atomic mass is 35.5. The van der Waals surface area contributed by atoms with Crippen molar-refractivity contribution < 1.29 is 9.52 Å². The van der Waals surface area contributed by atoms with Crippen LogP contribution >= 0.6 is 11.6 Å². The van der Waals surface area contributed by atoms with E-state index in [0.29, 0.717) is 11.4 Å². The predicted octanol–water partition coefficient (Wildman–Crippen LogP) is 3.66. The molecule has 110 valence electrons. The average Bonchev–Trinajstić information content (AvgIpc) is 3.03. The Hall–Kier alpha value is -1.78. The molecule has 0 saturated heterocycles. The molecule has 0 amide bonds. The number of aliphatic hydroxyl groups excluding tert-OH is 1. The summed E-state index contributed by atoms with van der Waals surface area (Å²) in [6, 6.07) is 7.67. The molecule has 0 saturated carbocycles. The van der Waals surface area contributed by atoms with Gasteiger partial charge < -0.3 is 9.52 Å². The van der Waals surface area contributed by atoms with Gasteiger partial charge in [-0.25, -0.2) is 0 Å². The lowest BCUT2D eigenvalue weighted by atomic mass is 10.0. The lowest BCUT2D eigenvalue weighted by Gasteiger charge is -2.10. The predicted molar refractivity (Wildman–Crippen MR) is 82.5 cm³/mol. The third-order valence-electron chi connectivity index (χ3n) is 3.76. The molecule has 1 aromatic carbocycles. The highest BCUT2D eigenvalue weighted by molar-refractivity contribution is 6.31. The number of para-hydroxylation sites is 1. The van der Waals surface area contributed by atoms with Crippen molar-refractivity contribution in [3.63, 3.8) is 0 Å². The summed E-state index contributed by atoms with van der Waals surface area (Å²) in [4.78, 5) is 0. The van der Waals surface area contributed by atoms with E-state index in [1.807, 2.05) is 38.2 Å². The van der Waals surface area contributed by atoms with Crippen molar-refractivity contribution in [2.75, 3.05) is 0 Å². The zero-order chi connectivity index (χ0) is 15.0. The standard InChI is InChI=1S/C16H17ClN2O2/c1-3-12-16(17)13(19(2)18-12)8-14(20)11-9-21-15-7-5-4-6-10(11)15/h4-7,9,14,20H,3,8H2,1-2H3. The Balaban J connectivity index is 1.93. The summed E-state index contributed by atoms with van der Waals surface area (Å²) in [5.41, 5.74) is 3.25. The molecular formula is C16H17ClN2O2. The van der Waals surface area contributed by atoms with Crippen LogP contribution in [0.2, 0.25) is 5.02 Å². The number of benzene rings is 1. The molecule has 0 fully saturated rings. The van der Waals surface area contributed by atoms with Gasteiger partial charge in [0.05, 0.1) is 28.8 Å². The Morgan fingerprint density at radius 2 is 2.14 bits per heavy atom. The summed E-state index contributed by atoms with van der Waals surface area (Å²) >= 11 is 6.34. The number of hydrogen-bond donors (Lipinski definition) is 1. The van der Waals surface area contributed by atoms with Crippen LogP contribution in [-0.2, 0) is 19.9 Å². The minimum absolute atomic E-state index is 0.409. The molecule has 0 aliphatic rings. The normalized spacial score (nSPS) is 13.0. The van der Waals surface area contributed by atoms with Crippen LogP contribution < -0.4 is 0 Å². The van der Waals surface area contributed by atoms with Gasteiger partial charge in [-0.2, -0.15) is 5.10 Å². The van der Waals surface area contributed by atoms with Gasteiger partial charge in [-0.05, 0) is 12.5 Å². The van der Waals surface area contributed by atoms with Crippen LogP contribution in [0.25, 0.3) is 11.0 Å². The van der Waals surface area contributed by atoms with E-state index in [1.165, 1.54) is 0 Å². The molecule has 3 rings (SSSR count). The van der Waals surface area contributed by atoms with E-state index in [-0.39, 0.29) is 0 Å². The van der Waals surface area contributed by atoms with Gasteiger partial charge in [0, 0.05) is 24.4 Å². The van der Waals surface area contributed by atoms with Gasteiger partial charge in [0.1, 0.15) is 5.58 Å². The smallest absolute Gasteiger partial charge is 0.134 e. The lowest BCUT2D eigenvalue weighted by Crippen LogP contribution is -2.06. The van der Waals surface area contributed by atoms with Crippen LogP contribution in [0.3, 0.4) is 0 Å². The van der Waals surface area contributed by atoms with Crippen molar-refractivity contribution in [2.45, 2.75) is 25.9 Å². The largest absolute Gasteiger partial charge is 0.464 e. The number of aliphatic hydroxyl groups is 1. The fourth-order valence-electron chi connectivity index (χ4n) is 2.59. The van der Waals surface area contributed by atoms with E-state index in [4.69, 9.17) is 16.0 Å². The summed E-state index contributed by atoms with van der Waals surface area (Å²) < 4.78 is 7.22. The SMILES string of the molecule is CCc1nn(C)c(CC(O)c2coc3ccccc23)c1Cl. The van der Waals surface area contributed by atoms with Gasteiger partial charge in [0.2, 0.25) is 0 Å². The van der Waals surface area contributed by atoms with Crippen LogP contribution in [0.5, 0.6) is 0 Å². The van der Waals surface area contributed by atoms with Gasteiger partial charge in [0.25, 0.3) is 0 Å². The van der Waals surface area contributed by atoms with Crippen LogP contribution in [0.4, 0.5) is 0 Å². The van der Waals surface area contributed by atoms with Gasteiger partial charge in [-0.1, -0.05) is 36.7 Å². The molecule has 0 spiro atoms. The summed E-state index contributed by atoms with van der Waals surface area (Å²) in [5, 5.41) is 16.5. The Labute approximate surface area is 127 Å². The average molecular weight is 305 g/mol. The van der Waals surface area contributed by atoms with Crippen molar-refractivity contribution in [3.05, 3.63) is 52.5 Å². The summed E-state index contributed by atoms with van der Waals surface area (Å²) in [6.45, 7) is 2.01. The first-order chi connectivity index (χ1) is 10.1. The topological polar surface area (TPSA) is 51.2 Å². The molecule has 4 nitrogen and oxygen atoms in total. The third-order valence-corrected chi connectivity index (χ3v) is 4.20. The Morgan fingerprint density at radius 1 is 1.38 bits per heavy atom. The van der Waals surface area contributed by atoms with Crippen molar-refractivity contribution in [2.24, 2.45) is 7.05 Å². The fourth-order valence-corrected chi connectivity index (χ4v) is 2.96. The number of aromatic nitrogens is 2. The number of aryl methyl sites for hydroxylation is 2. The van der Waals surface area contributed by atoms with E-state index < -0.39 is 6.10 Å². The first-order valence-electron chi connectivity index (χ1n) is 6.96. The fraction of sp³-hybridized carbons (Fsp3) is 0.312. The first-order valence-corrected chi connectivity index (χ1v) is 7.34. The number of furan rings is 1. The van der Waals surface area contributed by atoms with Crippen LogP contribution in [-0.4, -0.2) is 14.9 Å². The van der Waals surface area contributed by atoms with Crippen molar-refractivity contribution in [1.82, 2.24) is 9.78 Å². The minimum atomic E-state index is -0.675. The Kier molecular flexibility index (Phi) is 3.74. The quantitative estimate of drug-likeness (QED) is 0.800. The molecule has 1 atom stereocenters. The third kappa shape index (κ3) is 2.45. The second kappa shape index (κ2) is 5.54. The molecule has 0 aliphatic carbocycles. The second-order valence-corrected chi connectivity index (χ2v) is 5.47. The molecule has 0 bridgehead atoms. The van der Waals surface area contributed by atoms with E-state index in [1.54, 1.807) is 10.9 Å². The molecule has 0 aliphatic heterocycles. The van der Waals surface area contributed by atoms with Crippen molar-refractivity contribution >= 4 is 22.6 Å². The molecule has 5 heteroatoms. The highest BCUT2D eigenvalue weighted by Gasteiger charge is 2.20. The van der Waals surface area contributed by atoms with E-state index in [9.17, 15) is 5.11 Å². The van der Waals surface area contributed by atoms with Gasteiger partial charge >= 0.3 is 0 Å². The lowest BCUT2D eigenvalue weighted by molar-refractivity contribution is 0.176. The summed E-state index contributed by atoms with van der Waals surface area (Å²) in [7, 11) is 1.85. The number of nitrogens with zero attached hydrogens (tertiary/aromatic N) is 2. The molecule has 0 radical (unpaired) electrons. The number of hydrogen-bond acceptors (Lipinski definition) is 3. The number of fused-ring (bicyclic) bond motifs is 1. The number of halogens is 1. The van der Waals surface area contributed by atoms with Gasteiger partial charge in [0.15, 0.2) is 0 Å². The summed E-state index contributed by atoms with van der Waals surface area (Å²) in [6.07, 6.45) is 2.12. The van der Waals surface area contributed by atoms with Crippen LogP contribution in [0.15, 0.2) is 34.9 Å². The molecular weight excluding hydrogens is 288 g/mol. The molecule has 2 aromatic heterocycles. The molecule has 1 unspecified atom stereocenters. The molecule has 2 heterocycles. The second-order valence-electron chi connectivity index (χ2n) is 5.09. The maximum Gasteiger partial charge on any atom is 0.134 e. The molecule has 3 aromatic rings. The first kappa shape index (κ1) is 14.2. The van der Waals surface area contributed by atoms with Crippen LogP contribution in [0, 0.1) is 0 Å². The highest BCUT2D eigenvalue weighted by Crippen LogP contribution is 2.31.